The van der Waals surface area contributed by atoms with Gasteiger partial charge in [-0.05, 0) is 34.7 Å². The van der Waals surface area contributed by atoms with Crippen LogP contribution in [0.4, 0.5) is 0 Å². The van der Waals surface area contributed by atoms with Crippen LogP contribution < -0.4 is 5.32 Å². The van der Waals surface area contributed by atoms with Crippen LogP contribution in [0.3, 0.4) is 0 Å². The Balaban J connectivity index is 2.00. The fourth-order valence-electron chi connectivity index (χ4n) is 1.74. The first-order valence-electron chi connectivity index (χ1n) is 5.38. The van der Waals surface area contributed by atoms with Crippen LogP contribution in [0, 0.1) is 3.57 Å². The molecule has 0 bridgehead atoms. The summed E-state index contributed by atoms with van der Waals surface area (Å²) in [6.45, 7) is 0.253. The quantitative estimate of drug-likeness (QED) is 0.484. The highest BCUT2D eigenvalue weighted by atomic mass is 127. The van der Waals surface area contributed by atoms with Crippen LogP contribution in [0.1, 0.15) is 10.4 Å². The Morgan fingerprint density at radius 2 is 1.72 bits per heavy atom. The van der Waals surface area contributed by atoms with E-state index in [0.29, 0.717) is 5.56 Å². The minimum absolute atomic E-state index is 0.0831. The van der Waals surface area contributed by atoms with Crippen LogP contribution in [-0.4, -0.2) is 42.1 Å². The third kappa shape index (κ3) is 3.36. The van der Waals surface area contributed by atoms with Gasteiger partial charge in [0, 0.05) is 9.13 Å². The second kappa shape index (κ2) is 5.57. The van der Waals surface area contributed by atoms with Crippen LogP contribution in [0.5, 0.6) is 0 Å². The predicted octanol–water partition coefficient (Wildman–Crippen LogP) is 0.432. The number of ketones is 1. The zero-order chi connectivity index (χ0) is 13.1. The van der Waals surface area contributed by atoms with Crippen LogP contribution in [0.2, 0.25) is 0 Å². The number of nitrogens with one attached hydrogen (secondary N) is 1. The van der Waals surface area contributed by atoms with Crippen molar-refractivity contribution in [3.8, 4) is 0 Å². The van der Waals surface area contributed by atoms with Gasteiger partial charge in [-0.25, -0.2) is 0 Å². The first-order chi connectivity index (χ1) is 8.54. The number of nitrogens with zero attached hydrogens (tertiary/aromatic N) is 1. The first-order valence-corrected chi connectivity index (χ1v) is 6.46. The second-order valence-corrected chi connectivity index (χ2v) is 5.29. The van der Waals surface area contributed by atoms with Crippen molar-refractivity contribution < 1.29 is 14.4 Å². The van der Waals surface area contributed by atoms with Gasteiger partial charge in [-0.15, -0.1) is 0 Å². The van der Waals surface area contributed by atoms with Crippen molar-refractivity contribution in [3.05, 3.63) is 33.4 Å². The molecule has 1 N–H and O–H groups in total. The molecule has 1 fully saturated rings. The molecule has 0 radical (unpaired) electrons. The molecule has 1 saturated heterocycles. The molecule has 0 atom stereocenters. The number of halogens is 1. The van der Waals surface area contributed by atoms with E-state index in [1.54, 1.807) is 17.0 Å². The SMILES string of the molecule is O=C1CN(CC(=O)c2ccc(I)cc2)CC(=O)N1. The smallest absolute Gasteiger partial charge is 0.240 e. The van der Waals surface area contributed by atoms with Gasteiger partial charge in [-0.1, -0.05) is 12.1 Å². The molecule has 1 aliphatic rings. The molecule has 0 aromatic heterocycles. The molecular formula is C12H11IN2O3. The van der Waals surface area contributed by atoms with Gasteiger partial charge >= 0.3 is 0 Å². The van der Waals surface area contributed by atoms with Crippen LogP contribution in [0.25, 0.3) is 0 Å². The Morgan fingerprint density at radius 3 is 2.28 bits per heavy atom. The Labute approximate surface area is 118 Å². The van der Waals surface area contributed by atoms with E-state index in [2.05, 4.69) is 27.9 Å². The molecule has 94 valence electrons. The van der Waals surface area contributed by atoms with E-state index in [1.807, 2.05) is 12.1 Å². The molecule has 1 heterocycles. The highest BCUT2D eigenvalue weighted by molar-refractivity contribution is 14.1. The van der Waals surface area contributed by atoms with E-state index in [9.17, 15) is 14.4 Å². The number of hydrogen-bond donors (Lipinski definition) is 1. The van der Waals surface area contributed by atoms with Crippen molar-refractivity contribution >= 4 is 40.2 Å². The van der Waals surface area contributed by atoms with Gasteiger partial charge in [-0.2, -0.15) is 0 Å². The maximum atomic E-state index is 12.0. The summed E-state index contributed by atoms with van der Waals surface area (Å²) in [7, 11) is 0. The average molecular weight is 358 g/mol. The Bertz CT molecular complexity index is 483. The Morgan fingerprint density at radius 1 is 1.17 bits per heavy atom. The van der Waals surface area contributed by atoms with Crippen molar-refractivity contribution in [2.24, 2.45) is 0 Å². The summed E-state index contributed by atoms with van der Waals surface area (Å²) in [5.74, 6) is -0.808. The molecule has 0 unspecified atom stereocenters. The first kappa shape index (κ1) is 13.2. The zero-order valence-corrected chi connectivity index (χ0v) is 11.6. The van der Waals surface area contributed by atoms with Crippen molar-refractivity contribution in [1.29, 1.82) is 0 Å². The summed E-state index contributed by atoms with van der Waals surface area (Å²) < 4.78 is 1.05. The minimum atomic E-state index is -0.360. The molecule has 1 aromatic rings. The largest absolute Gasteiger partial charge is 0.294 e. The van der Waals surface area contributed by atoms with Gasteiger partial charge in [-0.3, -0.25) is 24.6 Å². The summed E-state index contributed by atoms with van der Waals surface area (Å²) in [6, 6.07) is 7.19. The van der Waals surface area contributed by atoms with E-state index >= 15 is 0 Å². The van der Waals surface area contributed by atoms with Crippen molar-refractivity contribution in [3.63, 3.8) is 0 Å². The lowest BCUT2D eigenvalue weighted by atomic mass is 10.1. The Hall–Kier alpha value is -1.28. The number of hydrogen-bond acceptors (Lipinski definition) is 4. The number of benzene rings is 1. The third-order valence-corrected chi connectivity index (χ3v) is 3.27. The standard InChI is InChI=1S/C12H11IN2O3/c13-9-3-1-8(2-4-9)10(16)5-15-6-11(17)14-12(18)7-15/h1-4H,5-7H2,(H,14,17,18). The summed E-state index contributed by atoms with van der Waals surface area (Å²) in [4.78, 5) is 35.8. The molecule has 6 heteroatoms. The summed E-state index contributed by atoms with van der Waals surface area (Å²) in [5, 5.41) is 2.20. The van der Waals surface area contributed by atoms with Crippen LogP contribution in [0.15, 0.2) is 24.3 Å². The summed E-state index contributed by atoms with van der Waals surface area (Å²) in [6.07, 6.45) is 0. The van der Waals surface area contributed by atoms with Gasteiger partial charge in [0.25, 0.3) is 0 Å². The fourth-order valence-corrected chi connectivity index (χ4v) is 2.10. The predicted molar refractivity (Wildman–Crippen MR) is 73.1 cm³/mol. The number of carbonyl (C=O) groups excluding carboxylic acids is 3. The second-order valence-electron chi connectivity index (χ2n) is 4.05. The zero-order valence-electron chi connectivity index (χ0n) is 9.48. The highest BCUT2D eigenvalue weighted by Crippen LogP contribution is 2.08. The van der Waals surface area contributed by atoms with E-state index in [0.717, 1.165) is 3.57 Å². The van der Waals surface area contributed by atoms with Crippen molar-refractivity contribution in [2.75, 3.05) is 19.6 Å². The molecule has 0 spiro atoms. The highest BCUT2D eigenvalue weighted by Gasteiger charge is 2.24. The van der Waals surface area contributed by atoms with Gasteiger partial charge in [0.15, 0.2) is 5.78 Å². The summed E-state index contributed by atoms with van der Waals surface area (Å²) >= 11 is 2.16. The minimum Gasteiger partial charge on any atom is -0.294 e. The number of amides is 2. The Kier molecular flexibility index (Phi) is 4.07. The lowest BCUT2D eigenvalue weighted by Crippen LogP contribution is -2.52. The number of carbonyl (C=O) groups is 3. The number of piperazine rings is 1. The van der Waals surface area contributed by atoms with Gasteiger partial charge in [0.1, 0.15) is 0 Å². The van der Waals surface area contributed by atoms with Crippen molar-refractivity contribution in [1.82, 2.24) is 10.2 Å². The molecule has 1 aliphatic heterocycles. The number of rotatable bonds is 3. The maximum absolute atomic E-state index is 12.0. The summed E-state index contributed by atoms with van der Waals surface area (Å²) in [5.41, 5.74) is 0.592. The van der Waals surface area contributed by atoms with E-state index in [4.69, 9.17) is 0 Å². The monoisotopic (exact) mass is 358 g/mol. The van der Waals surface area contributed by atoms with Gasteiger partial charge in [0.2, 0.25) is 11.8 Å². The molecule has 18 heavy (non-hydrogen) atoms. The van der Waals surface area contributed by atoms with Gasteiger partial charge < -0.3 is 0 Å². The average Bonchev–Trinajstić information content (AvgIpc) is 2.28. The number of imide groups is 1. The van der Waals surface area contributed by atoms with E-state index in [1.165, 1.54) is 0 Å². The van der Waals surface area contributed by atoms with E-state index in [-0.39, 0.29) is 37.2 Å². The third-order valence-electron chi connectivity index (χ3n) is 2.55. The maximum Gasteiger partial charge on any atom is 0.240 e. The van der Waals surface area contributed by atoms with Crippen LogP contribution >= 0.6 is 22.6 Å². The van der Waals surface area contributed by atoms with Crippen molar-refractivity contribution in [2.45, 2.75) is 0 Å². The molecule has 2 rings (SSSR count). The molecular weight excluding hydrogens is 347 g/mol. The lowest BCUT2D eigenvalue weighted by molar-refractivity contribution is -0.135. The van der Waals surface area contributed by atoms with Gasteiger partial charge in [0.05, 0.1) is 19.6 Å². The topological polar surface area (TPSA) is 66.5 Å². The molecule has 0 saturated carbocycles. The normalized spacial score (nSPS) is 16.5. The van der Waals surface area contributed by atoms with Crippen LogP contribution in [-0.2, 0) is 9.59 Å². The molecule has 1 aromatic carbocycles. The lowest BCUT2D eigenvalue weighted by Gasteiger charge is -2.24. The molecule has 0 aliphatic carbocycles. The molecule has 2 amide bonds. The molecule has 5 nitrogen and oxygen atoms in total. The fraction of sp³-hybridized carbons (Fsp3) is 0.250. The number of Topliss-reactive ketones (excluding diaryl/α,β-unsaturated/α-hetero) is 1. The van der Waals surface area contributed by atoms with E-state index < -0.39 is 0 Å².